The molecule has 20 heavy (non-hydrogen) atoms. The van der Waals surface area contributed by atoms with Crippen molar-refractivity contribution in [2.24, 2.45) is 0 Å². The van der Waals surface area contributed by atoms with Gasteiger partial charge in [0.2, 0.25) is 0 Å². The molecule has 3 heteroatoms. The van der Waals surface area contributed by atoms with E-state index in [0.717, 1.165) is 25.3 Å². The monoisotopic (exact) mass is 274 g/mol. The van der Waals surface area contributed by atoms with Crippen molar-refractivity contribution in [1.29, 1.82) is 0 Å². The van der Waals surface area contributed by atoms with E-state index in [0.29, 0.717) is 18.1 Å². The molecule has 0 aromatic heterocycles. The predicted octanol–water partition coefficient (Wildman–Crippen LogP) is 2.97. The lowest BCUT2D eigenvalue weighted by Crippen LogP contribution is -2.49. The Morgan fingerprint density at radius 2 is 2.15 bits per heavy atom. The summed E-state index contributed by atoms with van der Waals surface area (Å²) in [7, 11) is 0. The molecule has 1 saturated heterocycles. The summed E-state index contributed by atoms with van der Waals surface area (Å²) in [5.74, 6) is 1.09. The summed E-state index contributed by atoms with van der Waals surface area (Å²) < 4.78 is 5.80. The molecule has 1 N–H and O–H groups in total. The zero-order valence-corrected chi connectivity index (χ0v) is 12.6. The standard InChI is InChI=1S/C17H26N2O/c1-3-18-14-8-10-19(13(2)12-14)16-9-11-20-17-7-5-4-6-15(16)17/h4-7,13-14,16,18H,3,8-12H2,1-2H3. The van der Waals surface area contributed by atoms with Crippen molar-refractivity contribution in [3.63, 3.8) is 0 Å². The number of hydrogen-bond donors (Lipinski definition) is 1. The fourth-order valence-corrected chi connectivity index (χ4v) is 3.80. The highest BCUT2D eigenvalue weighted by Gasteiger charge is 2.33. The number of likely N-dealkylation sites (tertiary alicyclic amines) is 1. The number of nitrogens with zero attached hydrogens (tertiary/aromatic N) is 1. The van der Waals surface area contributed by atoms with Crippen LogP contribution < -0.4 is 10.1 Å². The molecule has 0 bridgehead atoms. The molecular formula is C17H26N2O. The van der Waals surface area contributed by atoms with Gasteiger partial charge in [0.05, 0.1) is 6.61 Å². The van der Waals surface area contributed by atoms with Gasteiger partial charge in [-0.05, 0) is 32.4 Å². The van der Waals surface area contributed by atoms with Crippen molar-refractivity contribution < 1.29 is 4.74 Å². The minimum absolute atomic E-state index is 0.539. The number of para-hydroxylation sites is 1. The second-order valence-corrected chi connectivity index (χ2v) is 6.06. The number of nitrogens with one attached hydrogen (secondary N) is 1. The maximum absolute atomic E-state index is 5.80. The van der Waals surface area contributed by atoms with Gasteiger partial charge >= 0.3 is 0 Å². The molecule has 2 aliphatic heterocycles. The van der Waals surface area contributed by atoms with Gasteiger partial charge in [0.1, 0.15) is 5.75 Å². The van der Waals surface area contributed by atoms with Gasteiger partial charge in [-0.1, -0.05) is 25.1 Å². The molecule has 0 amide bonds. The minimum atomic E-state index is 0.539. The molecule has 3 rings (SSSR count). The van der Waals surface area contributed by atoms with Crippen molar-refractivity contribution in [3.05, 3.63) is 29.8 Å². The second kappa shape index (κ2) is 6.15. The molecular weight excluding hydrogens is 248 g/mol. The van der Waals surface area contributed by atoms with Crippen molar-refractivity contribution >= 4 is 0 Å². The van der Waals surface area contributed by atoms with Crippen LogP contribution in [0.4, 0.5) is 0 Å². The summed E-state index contributed by atoms with van der Waals surface area (Å²) in [6, 6.07) is 10.4. The Morgan fingerprint density at radius 1 is 1.30 bits per heavy atom. The lowest BCUT2D eigenvalue weighted by Gasteiger charge is -2.44. The summed E-state index contributed by atoms with van der Waals surface area (Å²) in [4.78, 5) is 2.69. The van der Waals surface area contributed by atoms with E-state index < -0.39 is 0 Å². The largest absolute Gasteiger partial charge is 0.493 e. The molecule has 2 heterocycles. The Kier molecular flexibility index (Phi) is 4.27. The quantitative estimate of drug-likeness (QED) is 0.917. The molecule has 0 aliphatic carbocycles. The SMILES string of the molecule is CCNC1CCN(C2CCOc3ccccc32)C(C)C1. The van der Waals surface area contributed by atoms with Gasteiger partial charge in [-0.15, -0.1) is 0 Å². The van der Waals surface area contributed by atoms with Crippen LogP contribution in [0.3, 0.4) is 0 Å². The summed E-state index contributed by atoms with van der Waals surface area (Å²) >= 11 is 0. The highest BCUT2D eigenvalue weighted by atomic mass is 16.5. The average Bonchev–Trinajstić information content (AvgIpc) is 2.47. The Hall–Kier alpha value is -1.06. The maximum atomic E-state index is 5.80. The molecule has 1 aromatic rings. The number of piperidine rings is 1. The lowest BCUT2D eigenvalue weighted by molar-refractivity contribution is 0.0635. The van der Waals surface area contributed by atoms with Crippen LogP contribution in [0.15, 0.2) is 24.3 Å². The number of hydrogen-bond acceptors (Lipinski definition) is 3. The van der Waals surface area contributed by atoms with Gasteiger partial charge in [-0.2, -0.15) is 0 Å². The number of benzene rings is 1. The number of fused-ring (bicyclic) bond motifs is 1. The normalized spacial score (nSPS) is 30.6. The fourth-order valence-electron chi connectivity index (χ4n) is 3.80. The second-order valence-electron chi connectivity index (χ2n) is 6.06. The van der Waals surface area contributed by atoms with Crippen LogP contribution in [0.25, 0.3) is 0 Å². The summed E-state index contributed by atoms with van der Waals surface area (Å²) in [6.45, 7) is 7.70. The van der Waals surface area contributed by atoms with Gasteiger partial charge in [0, 0.05) is 36.7 Å². The molecule has 2 aliphatic rings. The predicted molar refractivity (Wildman–Crippen MR) is 82.2 cm³/mol. The zero-order chi connectivity index (χ0) is 13.9. The Morgan fingerprint density at radius 3 is 2.95 bits per heavy atom. The smallest absolute Gasteiger partial charge is 0.124 e. The first-order chi connectivity index (χ1) is 9.79. The molecule has 1 fully saturated rings. The van der Waals surface area contributed by atoms with Crippen molar-refractivity contribution in [1.82, 2.24) is 10.2 Å². The number of ether oxygens (including phenoxy) is 1. The van der Waals surface area contributed by atoms with Gasteiger partial charge in [0.25, 0.3) is 0 Å². The van der Waals surface area contributed by atoms with Crippen LogP contribution in [-0.2, 0) is 0 Å². The third kappa shape index (κ3) is 2.70. The topological polar surface area (TPSA) is 24.5 Å². The van der Waals surface area contributed by atoms with E-state index in [1.54, 1.807) is 0 Å². The first-order valence-electron chi connectivity index (χ1n) is 8.00. The van der Waals surface area contributed by atoms with E-state index in [4.69, 9.17) is 4.74 Å². The Labute approximate surface area is 122 Å². The summed E-state index contributed by atoms with van der Waals surface area (Å²) in [5, 5.41) is 3.61. The van der Waals surface area contributed by atoms with Crippen molar-refractivity contribution in [2.45, 2.75) is 51.2 Å². The highest BCUT2D eigenvalue weighted by molar-refractivity contribution is 5.37. The van der Waals surface area contributed by atoms with Gasteiger partial charge in [0.15, 0.2) is 0 Å². The molecule has 110 valence electrons. The molecule has 0 spiro atoms. The van der Waals surface area contributed by atoms with Crippen LogP contribution in [0, 0.1) is 0 Å². The van der Waals surface area contributed by atoms with Crippen LogP contribution in [0.2, 0.25) is 0 Å². The third-order valence-corrected chi connectivity index (χ3v) is 4.75. The van der Waals surface area contributed by atoms with Crippen LogP contribution in [0.5, 0.6) is 5.75 Å². The van der Waals surface area contributed by atoms with E-state index in [1.165, 1.54) is 24.9 Å². The van der Waals surface area contributed by atoms with E-state index in [9.17, 15) is 0 Å². The molecule has 3 atom stereocenters. The lowest BCUT2D eigenvalue weighted by atomic mass is 9.91. The molecule has 1 aromatic carbocycles. The van der Waals surface area contributed by atoms with E-state index in [1.807, 2.05) is 0 Å². The third-order valence-electron chi connectivity index (χ3n) is 4.75. The van der Waals surface area contributed by atoms with Gasteiger partial charge < -0.3 is 10.1 Å². The van der Waals surface area contributed by atoms with Crippen molar-refractivity contribution in [2.75, 3.05) is 19.7 Å². The van der Waals surface area contributed by atoms with Gasteiger partial charge in [-0.25, -0.2) is 0 Å². The minimum Gasteiger partial charge on any atom is -0.493 e. The Bertz CT molecular complexity index is 448. The van der Waals surface area contributed by atoms with Crippen LogP contribution >= 0.6 is 0 Å². The average molecular weight is 274 g/mol. The summed E-state index contributed by atoms with van der Waals surface area (Å²) in [5.41, 5.74) is 1.38. The number of rotatable bonds is 3. The Balaban J connectivity index is 1.74. The first-order valence-corrected chi connectivity index (χ1v) is 8.00. The van der Waals surface area contributed by atoms with E-state index >= 15 is 0 Å². The zero-order valence-electron chi connectivity index (χ0n) is 12.6. The highest BCUT2D eigenvalue weighted by Crippen LogP contribution is 2.38. The maximum Gasteiger partial charge on any atom is 0.124 e. The molecule has 3 unspecified atom stereocenters. The fraction of sp³-hybridized carbons (Fsp3) is 0.647. The molecule has 0 saturated carbocycles. The molecule has 0 radical (unpaired) electrons. The van der Waals surface area contributed by atoms with Crippen LogP contribution in [0.1, 0.15) is 44.7 Å². The van der Waals surface area contributed by atoms with Crippen LogP contribution in [-0.4, -0.2) is 36.7 Å². The van der Waals surface area contributed by atoms with Crippen molar-refractivity contribution in [3.8, 4) is 5.75 Å². The summed E-state index contributed by atoms with van der Waals surface area (Å²) in [6.07, 6.45) is 3.64. The molecule has 3 nitrogen and oxygen atoms in total. The van der Waals surface area contributed by atoms with E-state index in [2.05, 4.69) is 48.3 Å². The first kappa shape index (κ1) is 13.9. The van der Waals surface area contributed by atoms with E-state index in [-0.39, 0.29) is 0 Å². The van der Waals surface area contributed by atoms with Gasteiger partial charge in [-0.3, -0.25) is 4.90 Å².